The zero-order valence-corrected chi connectivity index (χ0v) is 11.9. The number of carbonyl (C=O) groups is 2. The molecule has 1 unspecified atom stereocenters. The largest absolute Gasteiger partial charge is 0.480 e. The summed E-state index contributed by atoms with van der Waals surface area (Å²) in [5.74, 6) is -1.35. The fraction of sp³-hybridized carbons (Fsp3) is 0.818. The van der Waals surface area contributed by atoms with E-state index < -0.39 is 30.1 Å². The minimum Gasteiger partial charge on any atom is -0.480 e. The second-order valence-electron chi connectivity index (χ2n) is 4.79. The monoisotopic (exact) mass is 299 g/mol. The highest BCUT2D eigenvalue weighted by molar-refractivity contribution is 7.99. The zero-order chi connectivity index (χ0) is 15.1. The first kappa shape index (κ1) is 17.9. The van der Waals surface area contributed by atoms with Gasteiger partial charge in [-0.25, -0.2) is 18.4 Å². The number of alkyl halides is 2. The van der Waals surface area contributed by atoms with Crippen molar-refractivity contribution in [1.29, 1.82) is 0 Å². The molecule has 2 N–H and O–H groups in total. The van der Waals surface area contributed by atoms with E-state index in [0.29, 0.717) is 0 Å². The second-order valence-corrected chi connectivity index (χ2v) is 5.94. The zero-order valence-electron chi connectivity index (χ0n) is 11.1. The quantitative estimate of drug-likeness (QED) is 0.706. The third-order valence-electron chi connectivity index (χ3n) is 1.78. The maximum absolute atomic E-state index is 11.9. The Bertz CT molecular complexity index is 308. The summed E-state index contributed by atoms with van der Waals surface area (Å²) in [7, 11) is 0. The summed E-state index contributed by atoms with van der Waals surface area (Å²) in [4.78, 5) is 22.3. The van der Waals surface area contributed by atoms with Crippen LogP contribution >= 0.6 is 11.8 Å². The van der Waals surface area contributed by atoms with Crippen LogP contribution in [0.5, 0.6) is 0 Å². The molecule has 0 radical (unpaired) electrons. The van der Waals surface area contributed by atoms with Crippen LogP contribution in [0.2, 0.25) is 0 Å². The van der Waals surface area contributed by atoms with Crippen LogP contribution < -0.4 is 5.32 Å². The molecular formula is C11H19F2NO4S. The summed E-state index contributed by atoms with van der Waals surface area (Å²) in [5, 5.41) is 11.1. The third-order valence-corrected chi connectivity index (χ3v) is 2.80. The molecule has 5 nitrogen and oxygen atoms in total. The number of ether oxygens (including phenoxy) is 1. The highest BCUT2D eigenvalue weighted by Crippen LogP contribution is 2.11. The number of carboxylic acids is 1. The molecule has 0 aromatic carbocycles. The van der Waals surface area contributed by atoms with E-state index in [1.165, 1.54) is 0 Å². The van der Waals surface area contributed by atoms with Gasteiger partial charge in [0.2, 0.25) is 6.43 Å². The Balaban J connectivity index is 4.12. The number of carboxylic acid groups (broad SMARTS) is 1. The number of amides is 1. The molecular weight excluding hydrogens is 280 g/mol. The number of halogens is 2. The Morgan fingerprint density at radius 1 is 1.37 bits per heavy atom. The molecule has 0 aromatic heterocycles. The van der Waals surface area contributed by atoms with Crippen molar-refractivity contribution in [1.82, 2.24) is 5.32 Å². The van der Waals surface area contributed by atoms with Crippen molar-refractivity contribution < 1.29 is 28.2 Å². The van der Waals surface area contributed by atoms with Crippen LogP contribution in [0.25, 0.3) is 0 Å². The Morgan fingerprint density at radius 3 is 2.37 bits per heavy atom. The fourth-order valence-corrected chi connectivity index (χ4v) is 1.83. The number of hydrogen-bond donors (Lipinski definition) is 2. The summed E-state index contributed by atoms with van der Waals surface area (Å²) < 4.78 is 28.7. The van der Waals surface area contributed by atoms with Gasteiger partial charge in [0.1, 0.15) is 11.6 Å². The van der Waals surface area contributed by atoms with Crippen molar-refractivity contribution in [3.8, 4) is 0 Å². The Kier molecular flexibility index (Phi) is 7.73. The van der Waals surface area contributed by atoms with Crippen molar-refractivity contribution in [3.05, 3.63) is 0 Å². The first-order valence-electron chi connectivity index (χ1n) is 5.70. The van der Waals surface area contributed by atoms with Gasteiger partial charge in [-0.3, -0.25) is 0 Å². The number of aliphatic carboxylic acids is 1. The lowest BCUT2D eigenvalue weighted by molar-refractivity contribution is -0.139. The Hall–Kier alpha value is -1.05. The molecule has 0 aliphatic rings. The topological polar surface area (TPSA) is 75.6 Å². The SMILES string of the molecule is CC(C)(C)OC(=O)NC(CCSCC(F)F)C(=O)O. The van der Waals surface area contributed by atoms with Crippen molar-refractivity contribution in [2.75, 3.05) is 11.5 Å². The number of rotatable bonds is 7. The molecule has 0 fully saturated rings. The molecule has 0 saturated carbocycles. The highest BCUT2D eigenvalue weighted by atomic mass is 32.2. The summed E-state index contributed by atoms with van der Waals surface area (Å²) in [6.45, 7) is 4.96. The molecule has 19 heavy (non-hydrogen) atoms. The van der Waals surface area contributed by atoms with E-state index in [1.54, 1.807) is 20.8 Å². The van der Waals surface area contributed by atoms with Gasteiger partial charge in [-0.2, -0.15) is 11.8 Å². The molecule has 1 atom stereocenters. The molecule has 8 heteroatoms. The lowest BCUT2D eigenvalue weighted by Gasteiger charge is -2.21. The predicted molar refractivity (Wildman–Crippen MR) is 68.7 cm³/mol. The summed E-state index contributed by atoms with van der Waals surface area (Å²) >= 11 is 0.942. The van der Waals surface area contributed by atoms with Crippen LogP contribution in [0.3, 0.4) is 0 Å². The Morgan fingerprint density at radius 2 is 1.95 bits per heavy atom. The van der Waals surface area contributed by atoms with Crippen molar-refractivity contribution in [3.63, 3.8) is 0 Å². The van der Waals surface area contributed by atoms with Crippen LogP contribution in [0.4, 0.5) is 13.6 Å². The maximum Gasteiger partial charge on any atom is 0.408 e. The van der Waals surface area contributed by atoms with Gasteiger partial charge in [-0.15, -0.1) is 0 Å². The number of alkyl carbamates (subject to hydrolysis) is 1. The van der Waals surface area contributed by atoms with Gasteiger partial charge in [0.05, 0.1) is 5.75 Å². The van der Waals surface area contributed by atoms with E-state index in [-0.39, 0.29) is 17.9 Å². The Labute approximate surface area is 115 Å². The first-order chi connectivity index (χ1) is 8.61. The van der Waals surface area contributed by atoms with Crippen molar-refractivity contribution in [2.24, 2.45) is 0 Å². The smallest absolute Gasteiger partial charge is 0.408 e. The van der Waals surface area contributed by atoms with Gasteiger partial charge in [-0.1, -0.05) is 0 Å². The van der Waals surface area contributed by atoms with Crippen LogP contribution in [0, 0.1) is 0 Å². The lowest BCUT2D eigenvalue weighted by atomic mass is 10.2. The molecule has 0 aliphatic heterocycles. The lowest BCUT2D eigenvalue weighted by Crippen LogP contribution is -2.43. The summed E-state index contributed by atoms with van der Waals surface area (Å²) in [5.41, 5.74) is -0.725. The average Bonchev–Trinajstić information content (AvgIpc) is 2.19. The predicted octanol–water partition coefficient (Wildman–Crippen LogP) is 2.35. The number of nitrogens with one attached hydrogen (secondary N) is 1. The van der Waals surface area contributed by atoms with E-state index >= 15 is 0 Å². The van der Waals surface area contributed by atoms with Crippen molar-refractivity contribution >= 4 is 23.8 Å². The van der Waals surface area contributed by atoms with E-state index in [4.69, 9.17) is 9.84 Å². The fourth-order valence-electron chi connectivity index (χ4n) is 1.08. The third kappa shape index (κ3) is 10.5. The summed E-state index contributed by atoms with van der Waals surface area (Å²) in [6, 6.07) is -1.14. The van der Waals surface area contributed by atoms with Crippen LogP contribution in [-0.4, -0.2) is 46.7 Å². The number of carbonyl (C=O) groups excluding carboxylic acids is 1. The second kappa shape index (κ2) is 8.19. The van der Waals surface area contributed by atoms with E-state index in [9.17, 15) is 18.4 Å². The first-order valence-corrected chi connectivity index (χ1v) is 6.85. The average molecular weight is 299 g/mol. The van der Waals surface area contributed by atoms with E-state index in [0.717, 1.165) is 11.8 Å². The molecule has 0 heterocycles. The van der Waals surface area contributed by atoms with E-state index in [1.807, 2.05) is 0 Å². The van der Waals surface area contributed by atoms with Gasteiger partial charge < -0.3 is 15.2 Å². The van der Waals surface area contributed by atoms with Crippen LogP contribution in [0.1, 0.15) is 27.2 Å². The minimum atomic E-state index is -2.42. The van der Waals surface area contributed by atoms with Crippen LogP contribution in [-0.2, 0) is 9.53 Å². The number of hydrogen-bond acceptors (Lipinski definition) is 4. The highest BCUT2D eigenvalue weighted by Gasteiger charge is 2.23. The maximum atomic E-state index is 11.9. The van der Waals surface area contributed by atoms with Gasteiger partial charge in [-0.05, 0) is 32.9 Å². The molecule has 0 saturated heterocycles. The standard InChI is InChI=1S/C11H19F2NO4S/c1-11(2,3)18-10(17)14-7(9(15)16)4-5-19-6-8(12)13/h7-8H,4-6H2,1-3H3,(H,14,17)(H,15,16). The molecule has 1 amide bonds. The van der Waals surface area contributed by atoms with E-state index in [2.05, 4.69) is 5.32 Å². The van der Waals surface area contributed by atoms with Crippen molar-refractivity contribution in [2.45, 2.75) is 45.3 Å². The molecule has 0 bridgehead atoms. The molecule has 0 spiro atoms. The van der Waals surface area contributed by atoms with Gasteiger partial charge in [0.25, 0.3) is 0 Å². The van der Waals surface area contributed by atoms with Gasteiger partial charge in [0, 0.05) is 0 Å². The number of thioether (sulfide) groups is 1. The van der Waals surface area contributed by atoms with Crippen LogP contribution in [0.15, 0.2) is 0 Å². The molecule has 0 rings (SSSR count). The normalized spacial score (nSPS) is 13.2. The van der Waals surface area contributed by atoms with Gasteiger partial charge in [0.15, 0.2) is 0 Å². The molecule has 0 aliphatic carbocycles. The summed E-state index contributed by atoms with van der Waals surface area (Å²) in [6.07, 6.45) is -3.20. The molecule has 112 valence electrons. The van der Waals surface area contributed by atoms with Gasteiger partial charge >= 0.3 is 12.1 Å². The minimum absolute atomic E-state index is 0.0615. The molecule has 0 aromatic rings.